The number of anilines is 1. The van der Waals surface area contributed by atoms with Gasteiger partial charge in [0.25, 0.3) is 0 Å². The summed E-state index contributed by atoms with van der Waals surface area (Å²) in [6.45, 7) is 8.31. The van der Waals surface area contributed by atoms with Crippen molar-refractivity contribution in [3.8, 4) is 6.07 Å². The van der Waals surface area contributed by atoms with Crippen LogP contribution in [0.1, 0.15) is 27.7 Å². The van der Waals surface area contributed by atoms with Gasteiger partial charge < -0.3 is 10.6 Å². The lowest BCUT2D eigenvalue weighted by Gasteiger charge is -2.27. The second-order valence-electron chi connectivity index (χ2n) is 4.71. The highest BCUT2D eigenvalue weighted by Gasteiger charge is 2.29. The van der Waals surface area contributed by atoms with E-state index < -0.39 is 5.54 Å². The molecular weight excluding hydrogens is 294 g/mol. The molecule has 1 rings (SSSR count). The normalized spacial score (nSPS) is 13.6. The van der Waals surface area contributed by atoms with E-state index in [9.17, 15) is 4.79 Å². The zero-order chi connectivity index (χ0) is 15.2. The molecule has 6 nitrogen and oxygen atoms in total. The molecule has 0 fully saturated rings. The van der Waals surface area contributed by atoms with Crippen LogP contribution >= 0.6 is 23.1 Å². The molecule has 8 heteroatoms. The number of nitrogens with zero attached hydrogens (tertiary/aromatic N) is 3. The molecule has 0 aliphatic carbocycles. The monoisotopic (exact) mass is 313 g/mol. The van der Waals surface area contributed by atoms with Crippen molar-refractivity contribution >= 4 is 34.1 Å². The Morgan fingerprint density at radius 1 is 1.55 bits per heavy atom. The van der Waals surface area contributed by atoms with E-state index >= 15 is 0 Å². The number of amides is 1. The summed E-state index contributed by atoms with van der Waals surface area (Å²) in [4.78, 5) is 11.9. The molecule has 110 valence electrons. The second-order valence-corrected chi connectivity index (χ2v) is 6.91. The van der Waals surface area contributed by atoms with E-state index in [-0.39, 0.29) is 17.6 Å². The van der Waals surface area contributed by atoms with Crippen LogP contribution in [0.15, 0.2) is 4.34 Å². The van der Waals surface area contributed by atoms with E-state index in [1.807, 2.05) is 20.8 Å². The SMILES string of the molecule is CCNc1nnc(SCC(=O)NC(C)(C#N)C(C)C)s1. The number of nitrogens with one attached hydrogen (secondary N) is 2. The van der Waals surface area contributed by atoms with Crippen molar-refractivity contribution in [2.75, 3.05) is 17.6 Å². The summed E-state index contributed by atoms with van der Waals surface area (Å²) in [6, 6.07) is 2.15. The number of thioether (sulfide) groups is 1. The van der Waals surface area contributed by atoms with Crippen LogP contribution in [0.2, 0.25) is 0 Å². The second kappa shape index (κ2) is 7.45. The fourth-order valence-electron chi connectivity index (χ4n) is 1.25. The lowest BCUT2D eigenvalue weighted by Crippen LogP contribution is -2.49. The maximum Gasteiger partial charge on any atom is 0.231 e. The standard InChI is InChI=1S/C12H19N5OS2/c1-5-14-10-16-17-11(20-10)19-6-9(18)15-12(4,7-13)8(2)3/h8H,5-6H2,1-4H3,(H,14,16)(H,15,18). The van der Waals surface area contributed by atoms with Gasteiger partial charge in [-0.1, -0.05) is 36.9 Å². The van der Waals surface area contributed by atoms with E-state index in [4.69, 9.17) is 5.26 Å². The molecule has 1 heterocycles. The van der Waals surface area contributed by atoms with Gasteiger partial charge in [-0.25, -0.2) is 0 Å². The Hall–Kier alpha value is -1.33. The highest BCUT2D eigenvalue weighted by Crippen LogP contribution is 2.25. The van der Waals surface area contributed by atoms with Gasteiger partial charge in [-0.15, -0.1) is 10.2 Å². The van der Waals surface area contributed by atoms with Crippen LogP contribution in [0.5, 0.6) is 0 Å². The molecule has 0 saturated heterocycles. The fourth-order valence-corrected chi connectivity index (χ4v) is 2.86. The fraction of sp³-hybridized carbons (Fsp3) is 0.667. The van der Waals surface area contributed by atoms with Gasteiger partial charge in [-0.05, 0) is 19.8 Å². The zero-order valence-electron chi connectivity index (χ0n) is 12.1. The summed E-state index contributed by atoms with van der Waals surface area (Å²) in [5, 5.41) is 23.7. The molecule has 1 aromatic rings. The molecule has 20 heavy (non-hydrogen) atoms. The Balaban J connectivity index is 2.49. The Morgan fingerprint density at radius 3 is 2.80 bits per heavy atom. The van der Waals surface area contributed by atoms with Crippen LogP contribution in [0.4, 0.5) is 5.13 Å². The molecule has 0 spiro atoms. The largest absolute Gasteiger partial charge is 0.360 e. The van der Waals surface area contributed by atoms with Gasteiger partial charge in [-0.2, -0.15) is 5.26 Å². The predicted molar refractivity (Wildman–Crippen MR) is 81.8 cm³/mol. The first-order chi connectivity index (χ1) is 9.41. The van der Waals surface area contributed by atoms with E-state index in [0.717, 1.165) is 16.0 Å². The number of nitriles is 1. The summed E-state index contributed by atoms with van der Waals surface area (Å²) in [7, 11) is 0. The summed E-state index contributed by atoms with van der Waals surface area (Å²) >= 11 is 2.74. The molecule has 1 unspecified atom stereocenters. The molecule has 0 aliphatic heterocycles. The lowest BCUT2D eigenvalue weighted by atomic mass is 9.90. The van der Waals surface area contributed by atoms with E-state index in [0.29, 0.717) is 0 Å². The molecule has 0 radical (unpaired) electrons. The number of carbonyl (C=O) groups is 1. The van der Waals surface area contributed by atoms with E-state index in [1.165, 1.54) is 23.1 Å². The maximum atomic E-state index is 11.9. The minimum atomic E-state index is -0.840. The molecule has 1 atom stereocenters. The van der Waals surface area contributed by atoms with Crippen LogP contribution < -0.4 is 10.6 Å². The Bertz CT molecular complexity index is 496. The van der Waals surface area contributed by atoms with Crippen LogP contribution in [0.25, 0.3) is 0 Å². The first-order valence-corrected chi connectivity index (χ1v) is 8.14. The molecule has 0 aromatic carbocycles. The molecule has 0 aliphatic rings. The number of hydrogen-bond acceptors (Lipinski definition) is 7. The Morgan fingerprint density at radius 2 is 2.25 bits per heavy atom. The quantitative estimate of drug-likeness (QED) is 0.749. The molecule has 0 bridgehead atoms. The lowest BCUT2D eigenvalue weighted by molar-refractivity contribution is -0.120. The van der Waals surface area contributed by atoms with E-state index in [1.54, 1.807) is 6.92 Å². The van der Waals surface area contributed by atoms with Gasteiger partial charge in [0.2, 0.25) is 11.0 Å². The third-order valence-corrected chi connectivity index (χ3v) is 4.86. The van der Waals surface area contributed by atoms with Gasteiger partial charge in [0.05, 0.1) is 11.8 Å². The van der Waals surface area contributed by atoms with Crippen LogP contribution in [0, 0.1) is 17.2 Å². The molecule has 0 saturated carbocycles. The maximum absolute atomic E-state index is 11.9. The third-order valence-electron chi connectivity index (χ3n) is 2.85. The number of hydrogen-bond donors (Lipinski definition) is 2. The van der Waals surface area contributed by atoms with Gasteiger partial charge in [-0.3, -0.25) is 4.79 Å². The average molecular weight is 313 g/mol. The highest BCUT2D eigenvalue weighted by atomic mass is 32.2. The minimum Gasteiger partial charge on any atom is -0.360 e. The number of carbonyl (C=O) groups excluding carboxylic acids is 1. The molecule has 1 amide bonds. The third kappa shape index (κ3) is 4.65. The predicted octanol–water partition coefficient (Wildman–Crippen LogP) is 2.12. The summed E-state index contributed by atoms with van der Waals surface area (Å²) in [5.41, 5.74) is -0.840. The van der Waals surface area contributed by atoms with Gasteiger partial charge in [0.1, 0.15) is 5.54 Å². The Kier molecular flexibility index (Phi) is 6.23. The van der Waals surface area contributed by atoms with Crippen molar-refractivity contribution in [1.29, 1.82) is 5.26 Å². The van der Waals surface area contributed by atoms with Crippen molar-refractivity contribution < 1.29 is 4.79 Å². The van der Waals surface area contributed by atoms with Crippen LogP contribution in [-0.2, 0) is 4.79 Å². The number of aromatic nitrogens is 2. The molecular formula is C12H19N5OS2. The summed E-state index contributed by atoms with van der Waals surface area (Å²) in [6.07, 6.45) is 0. The van der Waals surface area contributed by atoms with Gasteiger partial charge in [0.15, 0.2) is 4.34 Å². The first-order valence-electron chi connectivity index (χ1n) is 6.33. The van der Waals surface area contributed by atoms with Crippen molar-refractivity contribution in [3.63, 3.8) is 0 Å². The smallest absolute Gasteiger partial charge is 0.231 e. The van der Waals surface area contributed by atoms with Gasteiger partial charge >= 0.3 is 0 Å². The summed E-state index contributed by atoms with van der Waals surface area (Å²) < 4.78 is 0.735. The average Bonchev–Trinajstić information content (AvgIpc) is 2.84. The van der Waals surface area contributed by atoms with E-state index in [2.05, 4.69) is 26.9 Å². The first kappa shape index (κ1) is 16.7. The Labute approximate surface area is 127 Å². The molecule has 2 N–H and O–H groups in total. The molecule has 1 aromatic heterocycles. The minimum absolute atomic E-state index is 0.0448. The van der Waals surface area contributed by atoms with Crippen molar-refractivity contribution in [1.82, 2.24) is 15.5 Å². The topological polar surface area (TPSA) is 90.7 Å². The van der Waals surface area contributed by atoms with Crippen molar-refractivity contribution in [2.45, 2.75) is 37.6 Å². The van der Waals surface area contributed by atoms with Crippen LogP contribution in [0.3, 0.4) is 0 Å². The van der Waals surface area contributed by atoms with Crippen LogP contribution in [-0.4, -0.2) is 33.9 Å². The summed E-state index contributed by atoms with van der Waals surface area (Å²) in [5.74, 6) is 0.0985. The zero-order valence-corrected chi connectivity index (χ0v) is 13.7. The van der Waals surface area contributed by atoms with Gasteiger partial charge in [0, 0.05) is 6.54 Å². The highest BCUT2D eigenvalue weighted by molar-refractivity contribution is 8.01. The number of rotatable bonds is 7. The van der Waals surface area contributed by atoms with Crippen molar-refractivity contribution in [3.05, 3.63) is 0 Å². The van der Waals surface area contributed by atoms with Crippen molar-refractivity contribution in [2.24, 2.45) is 5.92 Å².